The lowest BCUT2D eigenvalue weighted by atomic mass is 10.2. The molecule has 1 aromatic heterocycles. The largest absolute Gasteiger partial charge is 0.488 e. The molecule has 3 rings (SSSR count). The van der Waals surface area contributed by atoms with Crippen molar-refractivity contribution >= 4 is 41.0 Å². The third kappa shape index (κ3) is 12.3. The Morgan fingerprint density at radius 3 is 2.18 bits per heavy atom. The zero-order valence-electron chi connectivity index (χ0n) is 25.5. The number of rotatable bonds is 12. The molecule has 0 saturated heterocycles. The molecule has 0 radical (unpaired) electrons. The van der Waals surface area contributed by atoms with Gasteiger partial charge < -0.3 is 34.9 Å². The molecule has 14 heteroatoms. The highest BCUT2D eigenvalue weighted by Crippen LogP contribution is 2.25. The molecule has 0 aliphatic rings. The molecule has 1 heterocycles. The summed E-state index contributed by atoms with van der Waals surface area (Å²) < 4.78 is 50.3. The minimum atomic E-state index is -0.723. The minimum absolute atomic E-state index is 0.00767. The summed E-state index contributed by atoms with van der Waals surface area (Å²) in [6.45, 7) is 11.3. The van der Waals surface area contributed by atoms with Crippen molar-refractivity contribution in [2.45, 2.75) is 52.7 Å². The fraction of sp³-hybridized carbons (Fsp3) is 0.400. The van der Waals surface area contributed by atoms with E-state index in [0.29, 0.717) is 17.1 Å². The van der Waals surface area contributed by atoms with Gasteiger partial charge in [0, 0.05) is 29.7 Å². The summed E-state index contributed by atoms with van der Waals surface area (Å²) in [5, 5.41) is 10.9. The highest BCUT2D eigenvalue weighted by Gasteiger charge is 2.17. The number of hydrogen-bond donors (Lipinski definition) is 4. The number of amides is 2. The minimum Gasteiger partial charge on any atom is -0.488 e. The van der Waals surface area contributed by atoms with Crippen LogP contribution in [-0.4, -0.2) is 59.7 Å². The molecule has 4 N–H and O–H groups in total. The second-order valence-corrected chi connectivity index (χ2v) is 11.4. The van der Waals surface area contributed by atoms with E-state index in [0.717, 1.165) is 6.20 Å². The SMILES string of the molecule is CC(C)(C)OC(=O)NCCOCCOc1ccc(Nc2ncc(F)c(Nc3cccc(NC(=O)OC(C)(C)C)c3)n2)cc1F. The van der Waals surface area contributed by atoms with Crippen LogP contribution in [0.5, 0.6) is 5.75 Å². The molecular weight excluding hydrogens is 578 g/mol. The van der Waals surface area contributed by atoms with Gasteiger partial charge in [0.2, 0.25) is 5.95 Å². The Labute approximate surface area is 254 Å². The second kappa shape index (κ2) is 15.1. The van der Waals surface area contributed by atoms with Crippen LogP contribution in [0, 0.1) is 11.6 Å². The summed E-state index contributed by atoms with van der Waals surface area (Å²) >= 11 is 0. The van der Waals surface area contributed by atoms with Crippen LogP contribution in [0.2, 0.25) is 0 Å². The number of aromatic nitrogens is 2. The third-order valence-electron chi connectivity index (χ3n) is 5.10. The summed E-state index contributed by atoms with van der Waals surface area (Å²) in [5.74, 6) is -1.49. The Bertz CT molecular complexity index is 1430. The number of nitrogens with zero attached hydrogens (tertiary/aromatic N) is 2. The average Bonchev–Trinajstić information content (AvgIpc) is 2.89. The van der Waals surface area contributed by atoms with E-state index in [2.05, 4.69) is 31.2 Å². The van der Waals surface area contributed by atoms with E-state index in [4.69, 9.17) is 18.9 Å². The smallest absolute Gasteiger partial charge is 0.412 e. The molecule has 2 aromatic carbocycles. The lowest BCUT2D eigenvalue weighted by Crippen LogP contribution is -2.34. The molecule has 3 aromatic rings. The molecule has 0 saturated carbocycles. The number of halogens is 2. The van der Waals surface area contributed by atoms with E-state index in [-0.39, 0.29) is 43.9 Å². The molecule has 0 unspecified atom stereocenters. The fourth-order valence-electron chi connectivity index (χ4n) is 3.42. The Kier molecular flexibility index (Phi) is 11.6. The maximum absolute atomic E-state index is 14.6. The van der Waals surface area contributed by atoms with Crippen molar-refractivity contribution in [2.24, 2.45) is 0 Å². The van der Waals surface area contributed by atoms with Crippen molar-refractivity contribution in [3.8, 4) is 5.75 Å². The Hall–Kier alpha value is -4.72. The van der Waals surface area contributed by atoms with Crippen LogP contribution in [0.25, 0.3) is 0 Å². The average molecular weight is 617 g/mol. The van der Waals surface area contributed by atoms with Crippen LogP contribution >= 0.6 is 0 Å². The Morgan fingerprint density at radius 1 is 0.795 bits per heavy atom. The highest BCUT2D eigenvalue weighted by atomic mass is 19.1. The standard InChI is InChI=1S/C30H38F2N6O6/c1-29(2,3)43-27(39)33-12-13-41-14-15-42-24-11-10-21(17-22(24)31)36-26-34-18-23(32)25(38-26)35-19-8-7-9-20(16-19)37-28(40)44-30(4,5)6/h7-11,16-18H,12-15H2,1-6H3,(H,33,39)(H,37,40)(H2,34,35,36,38). The van der Waals surface area contributed by atoms with Gasteiger partial charge in [0.25, 0.3) is 0 Å². The maximum Gasteiger partial charge on any atom is 0.412 e. The van der Waals surface area contributed by atoms with Crippen molar-refractivity contribution in [1.82, 2.24) is 15.3 Å². The summed E-state index contributed by atoms with van der Waals surface area (Å²) in [6.07, 6.45) is -0.195. The van der Waals surface area contributed by atoms with E-state index in [1.54, 1.807) is 71.9 Å². The molecule has 0 atom stereocenters. The van der Waals surface area contributed by atoms with Gasteiger partial charge in [-0.3, -0.25) is 5.32 Å². The van der Waals surface area contributed by atoms with Crippen LogP contribution < -0.4 is 26.0 Å². The first-order valence-corrected chi connectivity index (χ1v) is 13.8. The van der Waals surface area contributed by atoms with Crippen molar-refractivity contribution < 1.29 is 37.3 Å². The number of ether oxygens (including phenoxy) is 4. The highest BCUT2D eigenvalue weighted by molar-refractivity contribution is 5.85. The van der Waals surface area contributed by atoms with E-state index >= 15 is 0 Å². The number of hydrogen-bond acceptors (Lipinski definition) is 10. The maximum atomic E-state index is 14.6. The number of anilines is 5. The van der Waals surface area contributed by atoms with E-state index in [9.17, 15) is 18.4 Å². The first kappa shape index (κ1) is 33.8. The Balaban J connectivity index is 1.49. The van der Waals surface area contributed by atoms with Crippen LogP contribution in [0.3, 0.4) is 0 Å². The van der Waals surface area contributed by atoms with E-state index in [1.165, 1.54) is 12.1 Å². The number of carbonyl (C=O) groups is 2. The topological polar surface area (TPSA) is 145 Å². The quantitative estimate of drug-likeness (QED) is 0.166. The predicted molar refractivity (Wildman–Crippen MR) is 162 cm³/mol. The van der Waals surface area contributed by atoms with Crippen molar-refractivity contribution in [2.75, 3.05) is 42.3 Å². The molecule has 0 aliphatic carbocycles. The fourth-order valence-corrected chi connectivity index (χ4v) is 3.42. The van der Waals surface area contributed by atoms with Crippen LogP contribution in [0.1, 0.15) is 41.5 Å². The summed E-state index contributed by atoms with van der Waals surface area (Å²) in [7, 11) is 0. The van der Waals surface area contributed by atoms with Crippen molar-refractivity contribution in [1.29, 1.82) is 0 Å². The van der Waals surface area contributed by atoms with Gasteiger partial charge in [-0.05, 0) is 71.9 Å². The van der Waals surface area contributed by atoms with Gasteiger partial charge in [-0.15, -0.1) is 0 Å². The summed E-state index contributed by atoms with van der Waals surface area (Å²) in [5.41, 5.74) is -0.0728. The molecule has 2 amide bonds. The molecule has 0 aliphatic heterocycles. The molecule has 0 bridgehead atoms. The molecule has 44 heavy (non-hydrogen) atoms. The summed E-state index contributed by atoms with van der Waals surface area (Å²) in [6, 6.07) is 10.7. The van der Waals surface area contributed by atoms with Crippen LogP contribution in [0.4, 0.5) is 47.2 Å². The molecule has 0 spiro atoms. The zero-order valence-corrected chi connectivity index (χ0v) is 25.5. The third-order valence-corrected chi connectivity index (χ3v) is 5.10. The monoisotopic (exact) mass is 616 g/mol. The van der Waals surface area contributed by atoms with Gasteiger partial charge in [-0.2, -0.15) is 4.98 Å². The summed E-state index contributed by atoms with van der Waals surface area (Å²) in [4.78, 5) is 31.7. The van der Waals surface area contributed by atoms with Crippen LogP contribution in [0.15, 0.2) is 48.7 Å². The Morgan fingerprint density at radius 2 is 1.48 bits per heavy atom. The lowest BCUT2D eigenvalue weighted by molar-refractivity contribution is 0.0487. The van der Waals surface area contributed by atoms with Crippen molar-refractivity contribution in [3.63, 3.8) is 0 Å². The lowest BCUT2D eigenvalue weighted by Gasteiger charge is -2.19. The normalized spacial score (nSPS) is 11.4. The van der Waals surface area contributed by atoms with Gasteiger partial charge in [0.15, 0.2) is 23.2 Å². The number of nitrogens with one attached hydrogen (secondary N) is 4. The molecule has 238 valence electrons. The zero-order chi connectivity index (χ0) is 32.3. The first-order valence-electron chi connectivity index (χ1n) is 13.8. The van der Waals surface area contributed by atoms with Gasteiger partial charge in [-0.25, -0.2) is 23.4 Å². The number of alkyl carbamates (subject to hydrolysis) is 1. The van der Waals surface area contributed by atoms with Gasteiger partial charge in [0.05, 0.1) is 19.4 Å². The van der Waals surface area contributed by atoms with E-state index < -0.39 is 35.0 Å². The predicted octanol–water partition coefficient (Wildman–Crippen LogP) is 6.51. The number of carbonyl (C=O) groups excluding carboxylic acids is 2. The van der Waals surface area contributed by atoms with Gasteiger partial charge >= 0.3 is 12.2 Å². The molecule has 0 fully saturated rings. The number of benzene rings is 2. The molecular formula is C30H38F2N6O6. The van der Waals surface area contributed by atoms with Gasteiger partial charge in [0.1, 0.15) is 17.8 Å². The van der Waals surface area contributed by atoms with E-state index in [1.807, 2.05) is 0 Å². The van der Waals surface area contributed by atoms with Gasteiger partial charge in [-0.1, -0.05) is 6.07 Å². The first-order chi connectivity index (χ1) is 20.7. The molecule has 12 nitrogen and oxygen atoms in total. The van der Waals surface area contributed by atoms with Crippen LogP contribution in [-0.2, 0) is 14.2 Å². The van der Waals surface area contributed by atoms with Crippen molar-refractivity contribution in [3.05, 3.63) is 60.3 Å². The second-order valence-electron chi connectivity index (χ2n) is 11.4.